The van der Waals surface area contributed by atoms with Crippen molar-refractivity contribution in [2.24, 2.45) is 5.10 Å². The Morgan fingerprint density at radius 3 is 2.56 bits per heavy atom. The lowest BCUT2D eigenvalue weighted by Gasteiger charge is -2.09. The van der Waals surface area contributed by atoms with Crippen molar-refractivity contribution in [3.05, 3.63) is 117 Å². The van der Waals surface area contributed by atoms with Crippen LogP contribution in [0, 0.1) is 6.92 Å². The second-order valence-electron chi connectivity index (χ2n) is 9.13. The van der Waals surface area contributed by atoms with Crippen molar-refractivity contribution < 1.29 is 19.1 Å². The van der Waals surface area contributed by atoms with Gasteiger partial charge >= 0.3 is 5.97 Å². The van der Waals surface area contributed by atoms with Gasteiger partial charge in [-0.05, 0) is 68.4 Å². The maximum Gasteiger partial charge on any atom is 0.343 e. The Bertz CT molecular complexity index is 1780. The molecule has 0 fully saturated rings. The third-order valence-electron chi connectivity index (χ3n) is 6.28. The van der Waals surface area contributed by atoms with E-state index in [9.17, 15) is 9.59 Å². The second-order valence-corrected chi connectivity index (χ2v) is 10.5. The van der Waals surface area contributed by atoms with Crippen LogP contribution < -0.4 is 14.9 Å². The predicted octanol–water partition coefficient (Wildman–Crippen LogP) is 7.94. The molecule has 2 N–H and O–H groups in total. The Kier molecular flexibility index (Phi) is 8.52. The molecule has 0 saturated carbocycles. The number of amides is 1. The van der Waals surface area contributed by atoms with Crippen LogP contribution in [0.1, 0.15) is 38.9 Å². The number of carbonyl (C=O) groups excluding carboxylic acids is 2. The van der Waals surface area contributed by atoms with Crippen LogP contribution in [-0.2, 0) is 0 Å². The molecule has 1 heterocycles. The van der Waals surface area contributed by atoms with E-state index in [4.69, 9.17) is 21.1 Å². The highest BCUT2D eigenvalue weighted by Gasteiger charge is 2.21. The van der Waals surface area contributed by atoms with Crippen LogP contribution in [0.2, 0.25) is 5.02 Å². The standard InChI is InChI=1S/C32H25BrClN3O4/c1-3-40-23-13-14-27-25(17-23)29(24-6-4-5-7-26(24)34)30(36-27)31(38)37-35-18-21-16-22(33)12-15-28(21)41-32(39)20-10-8-19(2)9-11-20/h4-18,36H,3H2,1-2H3,(H,37,38). The van der Waals surface area contributed by atoms with Crippen LogP contribution in [0.5, 0.6) is 11.5 Å². The lowest BCUT2D eigenvalue weighted by Crippen LogP contribution is -2.19. The highest BCUT2D eigenvalue weighted by atomic mass is 79.9. The monoisotopic (exact) mass is 629 g/mol. The minimum absolute atomic E-state index is 0.291. The molecule has 0 radical (unpaired) electrons. The molecule has 0 unspecified atom stereocenters. The van der Waals surface area contributed by atoms with Gasteiger partial charge in [0.2, 0.25) is 0 Å². The van der Waals surface area contributed by atoms with Crippen molar-refractivity contribution in [3.63, 3.8) is 0 Å². The van der Waals surface area contributed by atoms with Crippen LogP contribution in [0.3, 0.4) is 0 Å². The van der Waals surface area contributed by atoms with E-state index in [0.29, 0.717) is 51.1 Å². The van der Waals surface area contributed by atoms with Crippen molar-refractivity contribution in [1.82, 2.24) is 10.4 Å². The summed E-state index contributed by atoms with van der Waals surface area (Å²) >= 11 is 9.99. The van der Waals surface area contributed by atoms with E-state index in [1.165, 1.54) is 6.21 Å². The number of benzene rings is 4. The number of esters is 1. The number of carbonyl (C=O) groups is 2. The fourth-order valence-corrected chi connectivity index (χ4v) is 4.93. The van der Waals surface area contributed by atoms with E-state index >= 15 is 0 Å². The van der Waals surface area contributed by atoms with Gasteiger partial charge < -0.3 is 14.5 Å². The normalized spacial score (nSPS) is 11.1. The summed E-state index contributed by atoms with van der Waals surface area (Å²) in [4.78, 5) is 29.3. The van der Waals surface area contributed by atoms with E-state index in [1.54, 1.807) is 36.4 Å². The molecule has 4 aromatic carbocycles. The smallest absolute Gasteiger partial charge is 0.343 e. The number of aromatic amines is 1. The zero-order chi connectivity index (χ0) is 28.9. The van der Waals surface area contributed by atoms with Gasteiger partial charge in [-0.2, -0.15) is 5.10 Å². The van der Waals surface area contributed by atoms with Crippen LogP contribution in [0.25, 0.3) is 22.0 Å². The molecule has 9 heteroatoms. The third-order valence-corrected chi connectivity index (χ3v) is 7.11. The van der Waals surface area contributed by atoms with Gasteiger partial charge in [-0.1, -0.05) is 63.4 Å². The van der Waals surface area contributed by atoms with Gasteiger partial charge in [-0.3, -0.25) is 4.79 Å². The van der Waals surface area contributed by atoms with Crippen molar-refractivity contribution in [2.45, 2.75) is 13.8 Å². The number of hydrogen-bond acceptors (Lipinski definition) is 5. The number of nitrogens with one attached hydrogen (secondary N) is 2. The molecule has 7 nitrogen and oxygen atoms in total. The van der Waals surface area contributed by atoms with E-state index in [-0.39, 0.29) is 0 Å². The largest absolute Gasteiger partial charge is 0.494 e. The Morgan fingerprint density at radius 1 is 1.02 bits per heavy atom. The van der Waals surface area contributed by atoms with E-state index in [2.05, 4.69) is 31.4 Å². The van der Waals surface area contributed by atoms with Gasteiger partial charge in [0.05, 0.1) is 18.4 Å². The second kappa shape index (κ2) is 12.4. The summed E-state index contributed by atoms with van der Waals surface area (Å²) in [7, 11) is 0. The molecule has 5 aromatic rings. The third kappa shape index (κ3) is 6.34. The Balaban J connectivity index is 1.44. The van der Waals surface area contributed by atoms with Crippen LogP contribution >= 0.6 is 27.5 Å². The molecule has 0 aliphatic heterocycles. The zero-order valence-corrected chi connectivity index (χ0v) is 24.5. The molecule has 206 valence electrons. The van der Waals surface area contributed by atoms with Gasteiger partial charge in [-0.15, -0.1) is 0 Å². The first-order valence-corrected chi connectivity index (χ1v) is 14.0. The Hall–Kier alpha value is -4.40. The zero-order valence-electron chi connectivity index (χ0n) is 22.2. The summed E-state index contributed by atoms with van der Waals surface area (Å²) in [5, 5.41) is 5.46. The van der Waals surface area contributed by atoms with Gasteiger partial charge in [0, 0.05) is 37.1 Å². The van der Waals surface area contributed by atoms with Gasteiger partial charge in [0.1, 0.15) is 17.2 Å². The summed E-state index contributed by atoms with van der Waals surface area (Å²) < 4.78 is 12.1. The number of halogens is 2. The number of aromatic nitrogens is 1. The molecular weight excluding hydrogens is 606 g/mol. The van der Waals surface area contributed by atoms with Crippen molar-refractivity contribution >= 4 is 56.5 Å². The predicted molar refractivity (Wildman–Crippen MR) is 165 cm³/mol. The molecule has 0 bridgehead atoms. The topological polar surface area (TPSA) is 92.8 Å². The number of hydrazone groups is 1. The lowest BCUT2D eigenvalue weighted by molar-refractivity contribution is 0.0734. The highest BCUT2D eigenvalue weighted by molar-refractivity contribution is 9.10. The molecule has 0 aliphatic carbocycles. The van der Waals surface area contributed by atoms with Crippen LogP contribution in [0.4, 0.5) is 0 Å². The Morgan fingerprint density at radius 2 is 1.80 bits per heavy atom. The van der Waals surface area contributed by atoms with E-state index < -0.39 is 11.9 Å². The average Bonchev–Trinajstić information content (AvgIpc) is 3.34. The number of ether oxygens (including phenoxy) is 2. The number of hydrogen-bond donors (Lipinski definition) is 2. The molecule has 5 rings (SSSR count). The first-order valence-electron chi connectivity index (χ1n) is 12.8. The lowest BCUT2D eigenvalue weighted by atomic mass is 10.0. The van der Waals surface area contributed by atoms with Crippen LogP contribution in [0.15, 0.2) is 94.5 Å². The first kappa shape index (κ1) is 28.1. The number of aryl methyl sites for hydroxylation is 1. The molecular formula is C32H25BrClN3O4. The summed E-state index contributed by atoms with van der Waals surface area (Å²) in [5.74, 6) is 0.000612. The molecule has 0 atom stereocenters. The fraction of sp³-hybridized carbons (Fsp3) is 0.0938. The van der Waals surface area contributed by atoms with Crippen molar-refractivity contribution in [1.29, 1.82) is 0 Å². The van der Waals surface area contributed by atoms with E-state index in [0.717, 1.165) is 20.9 Å². The number of rotatable bonds is 8. The number of H-pyrrole nitrogens is 1. The van der Waals surface area contributed by atoms with Crippen LogP contribution in [-0.4, -0.2) is 29.7 Å². The summed E-state index contributed by atoms with van der Waals surface area (Å²) in [6.07, 6.45) is 1.42. The number of fused-ring (bicyclic) bond motifs is 1. The summed E-state index contributed by atoms with van der Waals surface area (Å²) in [5.41, 5.74) is 6.90. The maximum absolute atomic E-state index is 13.4. The fourth-order valence-electron chi connectivity index (χ4n) is 4.32. The highest BCUT2D eigenvalue weighted by Crippen LogP contribution is 2.38. The Labute approximate surface area is 250 Å². The SMILES string of the molecule is CCOc1ccc2[nH]c(C(=O)NN=Cc3cc(Br)ccc3OC(=O)c3ccc(C)cc3)c(-c3ccccc3Cl)c2c1. The van der Waals surface area contributed by atoms with Crippen molar-refractivity contribution in [3.8, 4) is 22.6 Å². The minimum Gasteiger partial charge on any atom is -0.494 e. The molecule has 0 saturated heterocycles. The van der Waals surface area contributed by atoms with E-state index in [1.807, 2.05) is 62.4 Å². The van der Waals surface area contributed by atoms with Gasteiger partial charge in [0.15, 0.2) is 0 Å². The van der Waals surface area contributed by atoms with Crippen molar-refractivity contribution in [2.75, 3.05) is 6.61 Å². The molecule has 1 amide bonds. The maximum atomic E-state index is 13.4. The summed E-state index contributed by atoms with van der Waals surface area (Å²) in [6, 6.07) is 25.1. The number of nitrogens with zero attached hydrogens (tertiary/aromatic N) is 1. The average molecular weight is 631 g/mol. The molecule has 0 aliphatic rings. The summed E-state index contributed by atoms with van der Waals surface area (Å²) in [6.45, 7) is 4.36. The van der Waals surface area contributed by atoms with Gasteiger partial charge in [0.25, 0.3) is 5.91 Å². The molecule has 1 aromatic heterocycles. The van der Waals surface area contributed by atoms with Gasteiger partial charge in [-0.25, -0.2) is 10.2 Å². The first-order chi connectivity index (χ1) is 19.8. The minimum atomic E-state index is -0.500. The quantitative estimate of drug-likeness (QED) is 0.0788. The molecule has 41 heavy (non-hydrogen) atoms. The molecule has 0 spiro atoms.